The van der Waals surface area contributed by atoms with Gasteiger partial charge in [-0.15, -0.1) is 0 Å². The van der Waals surface area contributed by atoms with Crippen LogP contribution in [0, 0.1) is 5.92 Å². The highest BCUT2D eigenvalue weighted by atomic mass is 32.9. The van der Waals surface area contributed by atoms with Gasteiger partial charge in [-0.2, -0.15) is 0 Å². The summed E-state index contributed by atoms with van der Waals surface area (Å²) in [5.41, 5.74) is -2.76. The van der Waals surface area contributed by atoms with Gasteiger partial charge in [0.25, 0.3) is 0 Å². The minimum atomic E-state index is -2.76. The van der Waals surface area contributed by atoms with E-state index < -0.39 is 22.9 Å². The molecule has 0 aromatic heterocycles. The van der Waals surface area contributed by atoms with Gasteiger partial charge in [-0.25, -0.2) is 0 Å². The van der Waals surface area contributed by atoms with Crippen LogP contribution in [0.3, 0.4) is 0 Å². The number of unbranched alkanes of at least 4 members (excludes halogenated alkanes) is 3. The molecule has 0 N–H and O–H groups in total. The maximum Gasteiger partial charge on any atom is 0.320 e. The lowest BCUT2D eigenvalue weighted by Crippen LogP contribution is -2.32. The Morgan fingerprint density at radius 1 is 1.07 bits per heavy atom. The minimum Gasteiger partial charge on any atom is -0.466 e. The fourth-order valence-corrected chi connectivity index (χ4v) is 8.72. The zero-order valence-electron chi connectivity index (χ0n) is 18.2. The molecule has 1 rings (SSSR count). The van der Waals surface area contributed by atoms with Gasteiger partial charge >= 0.3 is 11.9 Å². The third-order valence-corrected chi connectivity index (χ3v) is 10.0. The summed E-state index contributed by atoms with van der Waals surface area (Å²) in [7, 11) is 0. The van der Waals surface area contributed by atoms with E-state index in [-0.39, 0.29) is 25.7 Å². The lowest BCUT2D eigenvalue weighted by molar-refractivity contribution is -0.149. The molecule has 1 heterocycles. The normalized spacial score (nSPS) is 25.4. The van der Waals surface area contributed by atoms with Crippen molar-refractivity contribution < 1.29 is 28.1 Å². The van der Waals surface area contributed by atoms with E-state index in [0.717, 1.165) is 56.3 Å². The van der Waals surface area contributed by atoms with Crippen LogP contribution < -0.4 is 0 Å². The number of carbonyl (C=O) groups is 2. The second kappa shape index (κ2) is 14.8. The van der Waals surface area contributed by atoms with Crippen LogP contribution in [0.1, 0.15) is 79.1 Å². The van der Waals surface area contributed by atoms with Crippen molar-refractivity contribution in [2.75, 3.05) is 19.8 Å². The third-order valence-electron chi connectivity index (χ3n) is 4.72. The molecule has 1 fully saturated rings. The highest BCUT2D eigenvalue weighted by Gasteiger charge is 2.40. The van der Waals surface area contributed by atoms with Gasteiger partial charge in [-0.05, 0) is 38.5 Å². The number of rotatable bonds is 14. The molecule has 29 heavy (non-hydrogen) atoms. The van der Waals surface area contributed by atoms with Crippen LogP contribution in [-0.2, 0) is 39.9 Å². The molecule has 1 aliphatic heterocycles. The molecule has 0 aromatic rings. The van der Waals surface area contributed by atoms with Crippen molar-refractivity contribution in [3.63, 3.8) is 0 Å². The molecule has 0 spiro atoms. The zero-order chi connectivity index (χ0) is 21.7. The molecule has 9 heteroatoms. The second-order valence-corrected chi connectivity index (χ2v) is 13.5. The molecule has 4 atom stereocenters. The van der Waals surface area contributed by atoms with Crippen LogP contribution in [0.25, 0.3) is 0 Å². The first-order valence-corrected chi connectivity index (χ1v) is 14.9. The Morgan fingerprint density at radius 3 is 2.38 bits per heavy atom. The third kappa shape index (κ3) is 10.1. The van der Waals surface area contributed by atoms with Crippen LogP contribution in [-0.4, -0.2) is 43.1 Å². The summed E-state index contributed by atoms with van der Waals surface area (Å²) in [6.07, 6.45) is 7.62. The largest absolute Gasteiger partial charge is 0.466 e. The average Bonchev–Trinajstić information content (AvgIpc) is 2.67. The van der Waals surface area contributed by atoms with Crippen LogP contribution in [0.4, 0.5) is 0 Å². The van der Waals surface area contributed by atoms with E-state index in [4.69, 9.17) is 30.3 Å². The number of esters is 2. The number of hydrogen-bond acceptors (Lipinski definition) is 8. The molecule has 1 saturated heterocycles. The van der Waals surface area contributed by atoms with E-state index in [2.05, 4.69) is 13.8 Å². The fraction of sp³-hybridized carbons (Fsp3) is 0.900. The van der Waals surface area contributed by atoms with E-state index in [1.807, 2.05) is 0 Å². The number of hydrogen-bond donors (Lipinski definition) is 0. The molecular formula is C20H37O6PS2. The van der Waals surface area contributed by atoms with Crippen molar-refractivity contribution in [1.82, 2.24) is 0 Å². The summed E-state index contributed by atoms with van der Waals surface area (Å²) in [5.74, 6) is -0.593. The first kappa shape index (κ1) is 26.9. The van der Waals surface area contributed by atoms with Gasteiger partial charge in [0.2, 0.25) is 5.69 Å². The molecule has 1 aliphatic rings. The first-order valence-electron chi connectivity index (χ1n) is 10.8. The van der Waals surface area contributed by atoms with Gasteiger partial charge in [0.05, 0.1) is 32.3 Å². The molecular weight excluding hydrogens is 431 g/mol. The second-order valence-electron chi connectivity index (χ2n) is 7.14. The van der Waals surface area contributed by atoms with Gasteiger partial charge in [-0.1, -0.05) is 57.3 Å². The summed E-state index contributed by atoms with van der Waals surface area (Å²) in [6.45, 7) is 8.88. The predicted molar refractivity (Wildman–Crippen MR) is 122 cm³/mol. The van der Waals surface area contributed by atoms with Gasteiger partial charge in [0, 0.05) is 5.92 Å². The summed E-state index contributed by atoms with van der Waals surface area (Å²) in [5, 5.41) is -0.775. The van der Waals surface area contributed by atoms with Gasteiger partial charge in [0.15, 0.2) is 0 Å². The Morgan fingerprint density at radius 2 is 1.76 bits per heavy atom. The summed E-state index contributed by atoms with van der Waals surface area (Å²) in [6, 6.07) is 0. The maximum absolute atomic E-state index is 12.4. The summed E-state index contributed by atoms with van der Waals surface area (Å²) >= 11 is 6.89. The van der Waals surface area contributed by atoms with Crippen LogP contribution in [0.15, 0.2) is 0 Å². The molecule has 0 radical (unpaired) electrons. The number of carbonyl (C=O) groups excluding carboxylic acids is 2. The molecule has 170 valence electrons. The lowest BCUT2D eigenvalue weighted by Gasteiger charge is -2.38. The standard InChI is InChI=1S/C20H37O6PS2/c1-5-9-11-13-17-16(12-10-6-2)15-25-27(28,26-17)29-18(20(22)24-8-4)14-19(21)23-7-3/h16-18H,5-15H2,1-4H3. The van der Waals surface area contributed by atoms with Crippen molar-refractivity contribution in [1.29, 1.82) is 0 Å². The maximum atomic E-state index is 12.4. The molecule has 0 amide bonds. The quantitative estimate of drug-likeness (QED) is 0.184. The highest BCUT2D eigenvalue weighted by Crippen LogP contribution is 2.67. The predicted octanol–water partition coefficient (Wildman–Crippen LogP) is 5.63. The lowest BCUT2D eigenvalue weighted by atomic mass is 9.93. The van der Waals surface area contributed by atoms with Gasteiger partial charge in [-0.3, -0.25) is 9.59 Å². The highest BCUT2D eigenvalue weighted by molar-refractivity contribution is 8.68. The van der Waals surface area contributed by atoms with Crippen molar-refractivity contribution >= 4 is 40.8 Å². The van der Waals surface area contributed by atoms with Crippen molar-refractivity contribution in [3.8, 4) is 0 Å². The van der Waals surface area contributed by atoms with E-state index in [1.54, 1.807) is 13.8 Å². The zero-order valence-corrected chi connectivity index (χ0v) is 20.8. The molecule has 0 aliphatic carbocycles. The Balaban J connectivity index is 2.85. The average molecular weight is 469 g/mol. The Bertz CT molecular complexity index is 545. The molecule has 6 nitrogen and oxygen atoms in total. The molecule has 4 unspecified atom stereocenters. The topological polar surface area (TPSA) is 71.1 Å². The number of ether oxygens (including phenoxy) is 2. The minimum absolute atomic E-state index is 0.0469. The monoisotopic (exact) mass is 468 g/mol. The van der Waals surface area contributed by atoms with Crippen LogP contribution in [0.5, 0.6) is 0 Å². The van der Waals surface area contributed by atoms with Crippen LogP contribution in [0.2, 0.25) is 0 Å². The van der Waals surface area contributed by atoms with E-state index >= 15 is 0 Å². The van der Waals surface area contributed by atoms with Crippen molar-refractivity contribution in [2.24, 2.45) is 5.92 Å². The van der Waals surface area contributed by atoms with Crippen molar-refractivity contribution in [2.45, 2.75) is 90.4 Å². The van der Waals surface area contributed by atoms with Gasteiger partial charge in [0.1, 0.15) is 5.25 Å². The molecule has 0 aromatic carbocycles. The van der Waals surface area contributed by atoms with Crippen LogP contribution >= 0.6 is 17.1 Å². The van der Waals surface area contributed by atoms with E-state index in [9.17, 15) is 9.59 Å². The van der Waals surface area contributed by atoms with E-state index in [1.165, 1.54) is 0 Å². The Labute approximate surface area is 185 Å². The van der Waals surface area contributed by atoms with Gasteiger partial charge < -0.3 is 18.5 Å². The Hall–Kier alpha value is -0.140. The SMILES string of the molecule is CCCCCC1OP(=S)(SC(CC(=O)OCC)C(=O)OCC)OCC1CCCC. The fourth-order valence-electron chi connectivity index (χ4n) is 3.18. The Kier molecular flexibility index (Phi) is 13.7. The smallest absolute Gasteiger partial charge is 0.320 e. The first-order chi connectivity index (χ1) is 13.9. The summed E-state index contributed by atoms with van der Waals surface area (Å²) in [4.78, 5) is 24.4. The molecule has 0 bridgehead atoms. The summed E-state index contributed by atoms with van der Waals surface area (Å²) < 4.78 is 22.5. The van der Waals surface area contributed by atoms with Crippen molar-refractivity contribution in [3.05, 3.63) is 0 Å². The van der Waals surface area contributed by atoms with E-state index in [0.29, 0.717) is 12.5 Å². The molecule has 0 saturated carbocycles.